The number of amidine groups is 1. The summed E-state index contributed by atoms with van der Waals surface area (Å²) < 4.78 is 0. The van der Waals surface area contributed by atoms with E-state index in [2.05, 4.69) is 17.2 Å². The van der Waals surface area contributed by atoms with Gasteiger partial charge in [0.25, 0.3) is 0 Å². The number of ketones is 1. The number of unbranched alkanes of at least 4 members (excludes halogenated alkanes) is 1. The van der Waals surface area contributed by atoms with E-state index in [-0.39, 0.29) is 17.7 Å². The molecule has 0 bridgehead atoms. The average molecular weight is 231 g/mol. The zero-order valence-corrected chi connectivity index (χ0v) is 10.3. The number of halogens is 1. The van der Waals surface area contributed by atoms with Gasteiger partial charge >= 0.3 is 0 Å². The molecule has 0 aliphatic heterocycles. The summed E-state index contributed by atoms with van der Waals surface area (Å²) in [7, 11) is 0. The molecule has 0 rings (SSSR count). The first kappa shape index (κ1) is 14.2. The van der Waals surface area contributed by atoms with Crippen LogP contribution < -0.4 is 5.32 Å². The summed E-state index contributed by atoms with van der Waals surface area (Å²) in [5.41, 5.74) is 0. The summed E-state index contributed by atoms with van der Waals surface area (Å²) in [5.74, 6) is 0.124. The second kappa shape index (κ2) is 8.48. The minimum absolute atomic E-state index is 0.0415. The Morgan fingerprint density at radius 1 is 1.53 bits per heavy atom. The third-order valence-corrected chi connectivity index (χ3v) is 1.81. The maximum atomic E-state index is 11.4. The summed E-state index contributed by atoms with van der Waals surface area (Å²) in [5, 5.41) is 2.87. The van der Waals surface area contributed by atoms with Crippen molar-refractivity contribution in [2.45, 2.75) is 39.7 Å². The van der Waals surface area contributed by atoms with Crippen LogP contribution in [-0.2, 0) is 4.79 Å². The van der Waals surface area contributed by atoms with Gasteiger partial charge in [0.1, 0.15) is 0 Å². The highest BCUT2D eigenvalue weighted by Crippen LogP contribution is 1.92. The lowest BCUT2D eigenvalue weighted by molar-refractivity contribution is -0.111. The summed E-state index contributed by atoms with van der Waals surface area (Å²) >= 11 is 5.48. The molecular formula is C11H19ClN2O. The summed E-state index contributed by atoms with van der Waals surface area (Å²) in [6, 6.07) is 0.0826. The Kier molecular flexibility index (Phi) is 8.01. The van der Waals surface area contributed by atoms with Crippen LogP contribution in [0.3, 0.4) is 0 Å². The number of allylic oxidation sites excluding steroid dienone is 1. The van der Waals surface area contributed by atoms with Gasteiger partial charge in [-0.1, -0.05) is 19.4 Å². The van der Waals surface area contributed by atoms with E-state index < -0.39 is 0 Å². The Morgan fingerprint density at radius 3 is 2.67 bits per heavy atom. The van der Waals surface area contributed by atoms with Gasteiger partial charge in [0.15, 0.2) is 5.84 Å². The summed E-state index contributed by atoms with van der Waals surface area (Å²) in [6.45, 7) is 5.93. The van der Waals surface area contributed by atoms with Gasteiger partial charge < -0.3 is 5.32 Å². The predicted molar refractivity (Wildman–Crippen MR) is 65.5 cm³/mol. The van der Waals surface area contributed by atoms with E-state index in [0.29, 0.717) is 5.84 Å². The minimum Gasteiger partial charge on any atom is -0.344 e. The fourth-order valence-corrected chi connectivity index (χ4v) is 1.03. The van der Waals surface area contributed by atoms with Gasteiger partial charge in [0.2, 0.25) is 5.78 Å². The molecule has 0 saturated heterocycles. The van der Waals surface area contributed by atoms with E-state index in [1.54, 1.807) is 6.20 Å². The van der Waals surface area contributed by atoms with Gasteiger partial charge in [-0.15, -0.1) is 11.6 Å². The zero-order chi connectivity index (χ0) is 11.7. The van der Waals surface area contributed by atoms with Crippen molar-refractivity contribution < 1.29 is 4.79 Å². The fraction of sp³-hybridized carbons (Fsp3) is 0.636. The number of hydrogen-bond acceptors (Lipinski definition) is 2. The van der Waals surface area contributed by atoms with Crippen molar-refractivity contribution in [3.63, 3.8) is 0 Å². The number of rotatable bonds is 6. The molecule has 0 aliphatic carbocycles. The second-order valence-electron chi connectivity index (χ2n) is 3.46. The summed E-state index contributed by atoms with van der Waals surface area (Å²) in [6.07, 6.45) is 5.78. The number of carbonyl (C=O) groups is 1. The molecule has 0 amide bonds. The van der Waals surface area contributed by atoms with E-state index >= 15 is 0 Å². The number of hydrogen-bond donors (Lipinski definition) is 1. The van der Waals surface area contributed by atoms with E-state index in [1.807, 2.05) is 19.9 Å². The molecule has 0 spiro atoms. The van der Waals surface area contributed by atoms with Gasteiger partial charge in [-0.25, -0.2) is 0 Å². The number of aliphatic imine (C=N–C) groups is 1. The molecule has 3 nitrogen and oxygen atoms in total. The molecule has 0 aliphatic rings. The van der Waals surface area contributed by atoms with Crippen molar-refractivity contribution in [2.24, 2.45) is 4.99 Å². The zero-order valence-electron chi connectivity index (χ0n) is 9.59. The number of alkyl halides is 1. The molecule has 0 radical (unpaired) electrons. The number of nitrogens with one attached hydrogen (secondary N) is 1. The van der Waals surface area contributed by atoms with Crippen molar-refractivity contribution in [1.82, 2.24) is 5.32 Å². The molecule has 0 aromatic rings. The molecular weight excluding hydrogens is 212 g/mol. The first-order valence-electron chi connectivity index (χ1n) is 5.20. The maximum Gasteiger partial charge on any atom is 0.212 e. The molecule has 0 saturated carbocycles. The lowest BCUT2D eigenvalue weighted by atomic mass is 10.3. The molecule has 0 unspecified atom stereocenters. The average Bonchev–Trinajstić information content (AvgIpc) is 2.21. The van der Waals surface area contributed by atoms with Gasteiger partial charge in [-0.05, 0) is 26.5 Å². The SMILES string of the molecule is CCCC=CNC(=NC(C)C)C(=O)CCl. The standard InChI is InChI=1S/C11H19ClN2O/c1-4-5-6-7-13-11(10(15)8-12)14-9(2)3/h6-7,9H,4-5,8H2,1-3H3,(H,13,14). The Hall–Kier alpha value is -0.830. The Labute approximate surface area is 96.6 Å². The minimum atomic E-state index is -0.175. The largest absolute Gasteiger partial charge is 0.344 e. The third kappa shape index (κ3) is 7.14. The van der Waals surface area contributed by atoms with Crippen molar-refractivity contribution in [1.29, 1.82) is 0 Å². The highest BCUT2D eigenvalue weighted by atomic mass is 35.5. The first-order valence-corrected chi connectivity index (χ1v) is 5.73. The number of nitrogens with zero attached hydrogens (tertiary/aromatic N) is 1. The van der Waals surface area contributed by atoms with Gasteiger partial charge in [-0.2, -0.15) is 0 Å². The lowest BCUT2D eigenvalue weighted by Crippen LogP contribution is -2.29. The highest BCUT2D eigenvalue weighted by molar-refractivity contribution is 6.48. The lowest BCUT2D eigenvalue weighted by Gasteiger charge is -2.05. The monoisotopic (exact) mass is 230 g/mol. The predicted octanol–water partition coefficient (Wildman–Crippen LogP) is 2.50. The maximum absolute atomic E-state index is 11.4. The molecule has 4 heteroatoms. The molecule has 0 atom stereocenters. The van der Waals surface area contributed by atoms with Crippen LogP contribution in [0.4, 0.5) is 0 Å². The molecule has 0 aromatic heterocycles. The van der Waals surface area contributed by atoms with Gasteiger partial charge in [0, 0.05) is 6.04 Å². The molecule has 0 fully saturated rings. The van der Waals surface area contributed by atoms with Crippen LogP contribution in [0.15, 0.2) is 17.3 Å². The first-order chi connectivity index (χ1) is 7.11. The number of Topliss-reactive ketones (excluding diaryl/α,β-unsaturated/α-hetero) is 1. The van der Waals surface area contributed by atoms with Crippen LogP contribution in [0.5, 0.6) is 0 Å². The van der Waals surface area contributed by atoms with Crippen LogP contribution in [-0.4, -0.2) is 23.5 Å². The Bertz CT molecular complexity index is 247. The van der Waals surface area contributed by atoms with E-state index in [0.717, 1.165) is 12.8 Å². The normalized spacial score (nSPS) is 12.5. The summed E-state index contributed by atoms with van der Waals surface area (Å²) in [4.78, 5) is 15.5. The molecule has 1 N–H and O–H groups in total. The molecule has 15 heavy (non-hydrogen) atoms. The van der Waals surface area contributed by atoms with Crippen LogP contribution in [0.1, 0.15) is 33.6 Å². The van der Waals surface area contributed by atoms with Crippen molar-refractivity contribution in [3.8, 4) is 0 Å². The van der Waals surface area contributed by atoms with Crippen LogP contribution in [0.25, 0.3) is 0 Å². The third-order valence-electron chi connectivity index (χ3n) is 1.57. The smallest absolute Gasteiger partial charge is 0.212 e. The van der Waals surface area contributed by atoms with E-state index in [9.17, 15) is 4.79 Å². The molecule has 0 heterocycles. The van der Waals surface area contributed by atoms with E-state index in [4.69, 9.17) is 11.6 Å². The quantitative estimate of drug-likeness (QED) is 0.433. The van der Waals surface area contributed by atoms with Crippen molar-refractivity contribution >= 4 is 23.2 Å². The Morgan fingerprint density at radius 2 is 2.20 bits per heavy atom. The van der Waals surface area contributed by atoms with Crippen molar-refractivity contribution in [3.05, 3.63) is 12.3 Å². The Balaban J connectivity index is 4.33. The van der Waals surface area contributed by atoms with Crippen molar-refractivity contribution in [2.75, 3.05) is 5.88 Å². The van der Waals surface area contributed by atoms with Crippen LogP contribution in [0, 0.1) is 0 Å². The molecule has 86 valence electrons. The fourth-order valence-electron chi connectivity index (χ4n) is 0.899. The van der Waals surface area contributed by atoms with Crippen LogP contribution >= 0.6 is 11.6 Å². The second-order valence-corrected chi connectivity index (χ2v) is 3.73. The van der Waals surface area contributed by atoms with E-state index in [1.165, 1.54) is 0 Å². The number of carbonyl (C=O) groups excluding carboxylic acids is 1. The van der Waals surface area contributed by atoms with Crippen LogP contribution in [0.2, 0.25) is 0 Å². The molecule has 0 aromatic carbocycles. The van der Waals surface area contributed by atoms with Gasteiger partial charge in [-0.3, -0.25) is 9.79 Å². The highest BCUT2D eigenvalue weighted by Gasteiger charge is 2.08. The topological polar surface area (TPSA) is 41.5 Å². The van der Waals surface area contributed by atoms with Gasteiger partial charge in [0.05, 0.1) is 5.88 Å².